The summed E-state index contributed by atoms with van der Waals surface area (Å²) < 4.78 is 11.0. The maximum absolute atomic E-state index is 5.51. The molecule has 0 spiro atoms. The number of hydrogen-bond acceptors (Lipinski definition) is 4. The van der Waals surface area contributed by atoms with E-state index < -0.39 is 0 Å². The Hall–Kier alpha value is -1.42. The van der Waals surface area contributed by atoms with Gasteiger partial charge < -0.3 is 20.5 Å². The van der Waals surface area contributed by atoms with E-state index in [0.717, 1.165) is 23.7 Å². The first kappa shape index (κ1) is 12.6. The third kappa shape index (κ3) is 3.62. The average molecular weight is 224 g/mol. The summed E-state index contributed by atoms with van der Waals surface area (Å²) in [7, 11) is 0. The van der Waals surface area contributed by atoms with Crippen LogP contribution in [0.2, 0.25) is 0 Å². The zero-order chi connectivity index (χ0) is 11.8. The fraction of sp³-hybridized carbons (Fsp3) is 0.500. The van der Waals surface area contributed by atoms with Crippen LogP contribution in [0.5, 0.6) is 11.5 Å². The van der Waals surface area contributed by atoms with Crippen LogP contribution >= 0.6 is 0 Å². The van der Waals surface area contributed by atoms with E-state index in [1.807, 2.05) is 32.0 Å². The molecule has 1 rings (SSSR count). The highest BCUT2D eigenvalue weighted by molar-refractivity contribution is 5.54. The van der Waals surface area contributed by atoms with Crippen molar-refractivity contribution in [2.45, 2.75) is 13.8 Å². The number of nitrogens with one attached hydrogen (secondary N) is 1. The second-order valence-corrected chi connectivity index (χ2v) is 3.24. The van der Waals surface area contributed by atoms with Gasteiger partial charge in [-0.25, -0.2) is 0 Å². The lowest BCUT2D eigenvalue weighted by atomic mass is 10.2. The topological polar surface area (TPSA) is 56.5 Å². The van der Waals surface area contributed by atoms with Crippen molar-refractivity contribution >= 4 is 5.69 Å². The number of rotatable bonds is 7. The van der Waals surface area contributed by atoms with E-state index in [4.69, 9.17) is 15.2 Å². The third-order valence-corrected chi connectivity index (χ3v) is 2.02. The molecule has 0 saturated carbocycles. The fourth-order valence-electron chi connectivity index (χ4n) is 1.38. The zero-order valence-electron chi connectivity index (χ0n) is 9.95. The summed E-state index contributed by atoms with van der Waals surface area (Å²) >= 11 is 0. The molecule has 0 amide bonds. The van der Waals surface area contributed by atoms with Gasteiger partial charge in [-0.15, -0.1) is 0 Å². The van der Waals surface area contributed by atoms with Gasteiger partial charge in [-0.2, -0.15) is 0 Å². The molecular formula is C12H20N2O2. The minimum atomic E-state index is 0.608. The quantitative estimate of drug-likeness (QED) is 0.742. The highest BCUT2D eigenvalue weighted by atomic mass is 16.5. The van der Waals surface area contributed by atoms with E-state index in [2.05, 4.69) is 5.32 Å². The number of hydrogen-bond donors (Lipinski definition) is 2. The van der Waals surface area contributed by atoms with Crippen LogP contribution in [0.1, 0.15) is 13.8 Å². The minimum absolute atomic E-state index is 0.608. The number of ether oxygens (including phenoxy) is 2. The molecule has 4 heteroatoms. The molecule has 1 aromatic carbocycles. The fourth-order valence-corrected chi connectivity index (χ4v) is 1.38. The van der Waals surface area contributed by atoms with Crippen molar-refractivity contribution in [2.24, 2.45) is 5.73 Å². The number of nitrogens with two attached hydrogens (primary N) is 1. The van der Waals surface area contributed by atoms with E-state index in [-0.39, 0.29) is 0 Å². The molecule has 0 aliphatic rings. The molecule has 0 fully saturated rings. The van der Waals surface area contributed by atoms with Crippen LogP contribution in [0.25, 0.3) is 0 Å². The van der Waals surface area contributed by atoms with Crippen LogP contribution in [0.4, 0.5) is 5.69 Å². The van der Waals surface area contributed by atoms with Gasteiger partial charge >= 0.3 is 0 Å². The van der Waals surface area contributed by atoms with Crippen LogP contribution in [0.15, 0.2) is 18.2 Å². The molecule has 0 bridgehead atoms. The van der Waals surface area contributed by atoms with Gasteiger partial charge in [0, 0.05) is 24.8 Å². The van der Waals surface area contributed by atoms with Crippen molar-refractivity contribution in [3.63, 3.8) is 0 Å². The summed E-state index contributed by atoms with van der Waals surface area (Å²) in [5.74, 6) is 1.55. The van der Waals surface area contributed by atoms with Crippen LogP contribution in [0, 0.1) is 0 Å². The van der Waals surface area contributed by atoms with Gasteiger partial charge in [0.15, 0.2) is 11.5 Å². The third-order valence-electron chi connectivity index (χ3n) is 2.02. The van der Waals surface area contributed by atoms with Crippen LogP contribution < -0.4 is 20.5 Å². The predicted octanol–water partition coefficient (Wildman–Crippen LogP) is 1.85. The average Bonchev–Trinajstić information content (AvgIpc) is 2.30. The van der Waals surface area contributed by atoms with Crippen molar-refractivity contribution < 1.29 is 9.47 Å². The molecule has 0 radical (unpaired) electrons. The van der Waals surface area contributed by atoms with Crippen LogP contribution in [-0.2, 0) is 0 Å². The minimum Gasteiger partial charge on any atom is -0.490 e. The molecule has 0 aromatic heterocycles. The first-order valence-corrected chi connectivity index (χ1v) is 5.65. The maximum atomic E-state index is 5.51. The highest BCUT2D eigenvalue weighted by Gasteiger charge is 2.05. The molecule has 16 heavy (non-hydrogen) atoms. The SMILES string of the molecule is CCOc1ccc(NCCN)cc1OCC. The Morgan fingerprint density at radius 1 is 1.12 bits per heavy atom. The lowest BCUT2D eigenvalue weighted by Gasteiger charge is -2.13. The van der Waals surface area contributed by atoms with Gasteiger partial charge in [0.2, 0.25) is 0 Å². The van der Waals surface area contributed by atoms with E-state index in [9.17, 15) is 0 Å². The molecular weight excluding hydrogens is 204 g/mol. The summed E-state index contributed by atoms with van der Waals surface area (Å²) in [6, 6.07) is 5.81. The van der Waals surface area contributed by atoms with Gasteiger partial charge in [-0.05, 0) is 26.0 Å². The second kappa shape index (κ2) is 6.95. The summed E-state index contributed by atoms with van der Waals surface area (Å²) in [5, 5.41) is 3.20. The Morgan fingerprint density at radius 3 is 2.44 bits per heavy atom. The number of benzene rings is 1. The Kier molecular flexibility index (Phi) is 5.50. The molecule has 3 N–H and O–H groups in total. The molecule has 0 atom stereocenters. The maximum Gasteiger partial charge on any atom is 0.163 e. The normalized spacial score (nSPS) is 9.94. The van der Waals surface area contributed by atoms with Gasteiger partial charge in [0.1, 0.15) is 0 Å². The molecule has 0 unspecified atom stereocenters. The lowest BCUT2D eigenvalue weighted by Crippen LogP contribution is -2.13. The Labute approximate surface area is 96.7 Å². The summed E-state index contributed by atoms with van der Waals surface area (Å²) in [6.45, 7) is 6.53. The largest absolute Gasteiger partial charge is 0.490 e. The van der Waals surface area contributed by atoms with Gasteiger partial charge in [-0.1, -0.05) is 0 Å². The molecule has 0 saturated heterocycles. The van der Waals surface area contributed by atoms with Gasteiger partial charge in [-0.3, -0.25) is 0 Å². The smallest absolute Gasteiger partial charge is 0.163 e. The summed E-state index contributed by atoms with van der Waals surface area (Å²) in [4.78, 5) is 0. The highest BCUT2D eigenvalue weighted by Crippen LogP contribution is 2.30. The van der Waals surface area contributed by atoms with Crippen molar-refractivity contribution in [2.75, 3.05) is 31.6 Å². The van der Waals surface area contributed by atoms with E-state index in [0.29, 0.717) is 19.8 Å². The van der Waals surface area contributed by atoms with Crippen molar-refractivity contribution in [1.29, 1.82) is 0 Å². The second-order valence-electron chi connectivity index (χ2n) is 3.24. The van der Waals surface area contributed by atoms with Crippen molar-refractivity contribution in [3.05, 3.63) is 18.2 Å². The Balaban J connectivity index is 2.79. The number of anilines is 1. The molecule has 0 heterocycles. The molecule has 0 aliphatic heterocycles. The summed E-state index contributed by atoms with van der Waals surface area (Å²) in [6.07, 6.45) is 0. The van der Waals surface area contributed by atoms with Crippen LogP contribution in [-0.4, -0.2) is 26.3 Å². The standard InChI is InChI=1S/C12H20N2O2/c1-3-15-11-6-5-10(14-8-7-13)9-12(11)16-4-2/h5-6,9,14H,3-4,7-8,13H2,1-2H3. The van der Waals surface area contributed by atoms with Crippen molar-refractivity contribution in [1.82, 2.24) is 0 Å². The predicted molar refractivity (Wildman–Crippen MR) is 66.3 cm³/mol. The Bertz CT molecular complexity index is 316. The molecule has 0 aliphatic carbocycles. The monoisotopic (exact) mass is 224 g/mol. The zero-order valence-corrected chi connectivity index (χ0v) is 9.95. The van der Waals surface area contributed by atoms with Gasteiger partial charge in [0.05, 0.1) is 13.2 Å². The summed E-state index contributed by atoms with van der Waals surface area (Å²) in [5.41, 5.74) is 6.43. The molecule has 4 nitrogen and oxygen atoms in total. The molecule has 1 aromatic rings. The Morgan fingerprint density at radius 2 is 1.81 bits per heavy atom. The van der Waals surface area contributed by atoms with Crippen LogP contribution in [0.3, 0.4) is 0 Å². The molecule has 90 valence electrons. The first-order valence-electron chi connectivity index (χ1n) is 5.65. The van der Waals surface area contributed by atoms with Crippen molar-refractivity contribution in [3.8, 4) is 11.5 Å². The lowest BCUT2D eigenvalue weighted by molar-refractivity contribution is 0.288. The first-order chi connectivity index (χ1) is 7.81. The van der Waals surface area contributed by atoms with Gasteiger partial charge in [0.25, 0.3) is 0 Å². The van der Waals surface area contributed by atoms with E-state index in [1.54, 1.807) is 0 Å². The van der Waals surface area contributed by atoms with E-state index >= 15 is 0 Å². The van der Waals surface area contributed by atoms with E-state index in [1.165, 1.54) is 0 Å².